The number of hydrogen-bond donors (Lipinski definition) is 2. The fraction of sp³-hybridized carbons (Fsp3) is 0.600. The van der Waals surface area contributed by atoms with Crippen molar-refractivity contribution in [2.75, 3.05) is 26.7 Å². The molecule has 1 saturated heterocycles. The second-order valence-corrected chi connectivity index (χ2v) is 3.79. The molecule has 0 aromatic carbocycles. The minimum Gasteiger partial charge on any atom is -0.366 e. The number of imidazole rings is 1. The fourth-order valence-corrected chi connectivity index (χ4v) is 1.66. The molecule has 1 aliphatic heterocycles. The third-order valence-electron chi connectivity index (χ3n) is 2.52. The van der Waals surface area contributed by atoms with Crippen molar-refractivity contribution in [3.05, 3.63) is 18.2 Å². The highest BCUT2D eigenvalue weighted by Gasteiger charge is 2.25. The topological polar surface area (TPSA) is 70.2 Å². The predicted molar refractivity (Wildman–Crippen MR) is 57.7 cm³/mol. The number of rotatable bonds is 3. The number of carbonyl (C=O) groups excluding carboxylic acids is 1. The van der Waals surface area contributed by atoms with Crippen LogP contribution in [0.15, 0.2) is 12.4 Å². The molecule has 2 heterocycles. The van der Waals surface area contributed by atoms with Crippen molar-refractivity contribution >= 4 is 5.91 Å². The van der Waals surface area contributed by atoms with Crippen LogP contribution < -0.4 is 5.32 Å². The van der Waals surface area contributed by atoms with Gasteiger partial charge in [-0.3, -0.25) is 4.79 Å². The number of likely N-dealkylation sites (N-methyl/N-ethyl adjacent to an activating group) is 1. The standard InChI is InChI=1S/C10H16N4O2/c1-14(7-9-12-2-3-13-9)10(15)8-6-11-4-5-16-8/h2-3,8,11H,4-7H2,1H3,(H,12,13). The minimum atomic E-state index is -0.367. The molecule has 0 spiro atoms. The molecule has 1 amide bonds. The number of aromatic nitrogens is 2. The lowest BCUT2D eigenvalue weighted by molar-refractivity contribution is -0.144. The van der Waals surface area contributed by atoms with E-state index in [1.54, 1.807) is 24.3 Å². The molecule has 2 rings (SSSR count). The van der Waals surface area contributed by atoms with E-state index in [1.165, 1.54) is 0 Å². The van der Waals surface area contributed by atoms with Gasteiger partial charge in [0.1, 0.15) is 11.9 Å². The molecule has 0 bridgehead atoms. The zero-order valence-electron chi connectivity index (χ0n) is 9.27. The van der Waals surface area contributed by atoms with Crippen LogP contribution in [0.3, 0.4) is 0 Å². The maximum absolute atomic E-state index is 11.9. The van der Waals surface area contributed by atoms with Gasteiger partial charge in [-0.05, 0) is 0 Å². The fourth-order valence-electron chi connectivity index (χ4n) is 1.66. The molecule has 6 heteroatoms. The third kappa shape index (κ3) is 2.59. The zero-order chi connectivity index (χ0) is 11.4. The van der Waals surface area contributed by atoms with E-state index in [0.717, 1.165) is 12.4 Å². The Hall–Kier alpha value is -1.40. The van der Waals surface area contributed by atoms with E-state index in [9.17, 15) is 4.79 Å². The lowest BCUT2D eigenvalue weighted by Gasteiger charge is -2.26. The number of carbonyl (C=O) groups is 1. The Labute approximate surface area is 94.0 Å². The van der Waals surface area contributed by atoms with Crippen LogP contribution in [0, 0.1) is 0 Å². The highest BCUT2D eigenvalue weighted by atomic mass is 16.5. The monoisotopic (exact) mass is 224 g/mol. The van der Waals surface area contributed by atoms with Gasteiger partial charge in [0.15, 0.2) is 0 Å². The molecule has 1 aliphatic rings. The van der Waals surface area contributed by atoms with Gasteiger partial charge >= 0.3 is 0 Å². The molecular weight excluding hydrogens is 208 g/mol. The van der Waals surface area contributed by atoms with Crippen LogP contribution in [-0.4, -0.2) is 53.6 Å². The molecule has 1 aromatic rings. The summed E-state index contributed by atoms with van der Waals surface area (Å²) >= 11 is 0. The quantitative estimate of drug-likeness (QED) is 0.716. The SMILES string of the molecule is CN(Cc1ncc[nH]1)C(=O)C1CNCCO1. The van der Waals surface area contributed by atoms with Crippen molar-refractivity contribution in [3.63, 3.8) is 0 Å². The lowest BCUT2D eigenvalue weighted by atomic mass is 10.2. The van der Waals surface area contributed by atoms with E-state index >= 15 is 0 Å². The largest absolute Gasteiger partial charge is 0.366 e. The molecule has 2 N–H and O–H groups in total. The van der Waals surface area contributed by atoms with Crippen LogP contribution >= 0.6 is 0 Å². The molecule has 16 heavy (non-hydrogen) atoms. The molecule has 6 nitrogen and oxygen atoms in total. The highest BCUT2D eigenvalue weighted by Crippen LogP contribution is 2.03. The van der Waals surface area contributed by atoms with Gasteiger partial charge in [0, 0.05) is 32.5 Å². The first-order valence-electron chi connectivity index (χ1n) is 5.33. The van der Waals surface area contributed by atoms with Crippen LogP contribution in [0.4, 0.5) is 0 Å². The van der Waals surface area contributed by atoms with Crippen molar-refractivity contribution in [3.8, 4) is 0 Å². The van der Waals surface area contributed by atoms with E-state index in [2.05, 4.69) is 15.3 Å². The van der Waals surface area contributed by atoms with Crippen LogP contribution in [0.5, 0.6) is 0 Å². The number of morpholine rings is 1. The summed E-state index contributed by atoms with van der Waals surface area (Å²) in [6.07, 6.45) is 3.05. The van der Waals surface area contributed by atoms with Crippen molar-refractivity contribution in [2.45, 2.75) is 12.6 Å². The van der Waals surface area contributed by atoms with E-state index in [1.807, 2.05) is 0 Å². The van der Waals surface area contributed by atoms with Gasteiger partial charge in [-0.2, -0.15) is 0 Å². The van der Waals surface area contributed by atoms with E-state index < -0.39 is 0 Å². The summed E-state index contributed by atoms with van der Waals surface area (Å²) in [6.45, 7) is 2.46. The van der Waals surface area contributed by atoms with Gasteiger partial charge in [0.25, 0.3) is 5.91 Å². The van der Waals surface area contributed by atoms with Crippen molar-refractivity contribution in [2.24, 2.45) is 0 Å². The number of hydrogen-bond acceptors (Lipinski definition) is 4. The smallest absolute Gasteiger partial charge is 0.253 e. The third-order valence-corrected chi connectivity index (χ3v) is 2.52. The van der Waals surface area contributed by atoms with Crippen LogP contribution in [0.25, 0.3) is 0 Å². The van der Waals surface area contributed by atoms with Crippen LogP contribution in [0.2, 0.25) is 0 Å². The summed E-state index contributed by atoms with van der Waals surface area (Å²) in [5, 5.41) is 3.13. The maximum Gasteiger partial charge on any atom is 0.253 e. The minimum absolute atomic E-state index is 0.0106. The van der Waals surface area contributed by atoms with Gasteiger partial charge in [-0.15, -0.1) is 0 Å². The first kappa shape index (κ1) is 11.1. The van der Waals surface area contributed by atoms with Gasteiger partial charge in [-0.1, -0.05) is 0 Å². The lowest BCUT2D eigenvalue weighted by Crippen LogP contribution is -2.48. The maximum atomic E-state index is 11.9. The van der Waals surface area contributed by atoms with Crippen LogP contribution in [-0.2, 0) is 16.1 Å². The van der Waals surface area contributed by atoms with Gasteiger partial charge < -0.3 is 19.9 Å². The van der Waals surface area contributed by atoms with Crippen molar-refractivity contribution in [1.29, 1.82) is 0 Å². The normalized spacial score (nSPS) is 20.7. The number of nitrogens with zero attached hydrogens (tertiary/aromatic N) is 2. The summed E-state index contributed by atoms with van der Waals surface area (Å²) in [5.41, 5.74) is 0. The summed E-state index contributed by atoms with van der Waals surface area (Å²) in [6, 6.07) is 0. The molecule has 1 atom stereocenters. The van der Waals surface area contributed by atoms with Gasteiger partial charge in [0.2, 0.25) is 0 Å². The second-order valence-electron chi connectivity index (χ2n) is 3.79. The van der Waals surface area contributed by atoms with Crippen molar-refractivity contribution < 1.29 is 9.53 Å². The Morgan fingerprint density at radius 2 is 2.62 bits per heavy atom. The average Bonchev–Trinajstić information content (AvgIpc) is 2.82. The Bertz CT molecular complexity index is 333. The molecule has 0 aliphatic carbocycles. The summed E-state index contributed by atoms with van der Waals surface area (Å²) in [5.74, 6) is 0.767. The van der Waals surface area contributed by atoms with E-state index in [0.29, 0.717) is 19.7 Å². The Kier molecular flexibility index (Phi) is 3.53. The molecule has 1 unspecified atom stereocenters. The molecule has 88 valence electrons. The number of nitrogens with one attached hydrogen (secondary N) is 2. The second kappa shape index (κ2) is 5.09. The first-order chi connectivity index (χ1) is 7.77. The molecule has 1 aromatic heterocycles. The average molecular weight is 224 g/mol. The van der Waals surface area contributed by atoms with E-state index in [4.69, 9.17) is 4.74 Å². The molecule has 0 saturated carbocycles. The predicted octanol–water partition coefficient (Wildman–Crippen LogP) is -0.643. The highest BCUT2D eigenvalue weighted by molar-refractivity contribution is 5.81. The van der Waals surface area contributed by atoms with Gasteiger partial charge in [-0.25, -0.2) is 4.98 Å². The molecule has 0 radical (unpaired) electrons. The Morgan fingerprint density at radius 1 is 1.75 bits per heavy atom. The van der Waals surface area contributed by atoms with Crippen LogP contribution in [0.1, 0.15) is 5.82 Å². The summed E-state index contributed by atoms with van der Waals surface area (Å²) < 4.78 is 5.40. The van der Waals surface area contributed by atoms with E-state index in [-0.39, 0.29) is 12.0 Å². The molecule has 1 fully saturated rings. The number of H-pyrrole nitrogens is 1. The Morgan fingerprint density at radius 3 is 3.25 bits per heavy atom. The van der Waals surface area contributed by atoms with Crippen molar-refractivity contribution in [1.82, 2.24) is 20.2 Å². The summed E-state index contributed by atoms with van der Waals surface area (Å²) in [4.78, 5) is 20.6. The van der Waals surface area contributed by atoms with Gasteiger partial charge in [0.05, 0.1) is 13.2 Å². The zero-order valence-corrected chi connectivity index (χ0v) is 9.27. The summed E-state index contributed by atoms with van der Waals surface area (Å²) in [7, 11) is 1.75. The molecular formula is C10H16N4O2. The number of aromatic amines is 1. The Balaban J connectivity index is 1.88. The number of ether oxygens (including phenoxy) is 1. The first-order valence-corrected chi connectivity index (χ1v) is 5.33. The number of amides is 1.